The van der Waals surface area contributed by atoms with Gasteiger partial charge in [-0.2, -0.15) is 15.2 Å². The van der Waals surface area contributed by atoms with Crippen LogP contribution in [0.25, 0.3) is 32.1 Å². The first kappa shape index (κ1) is 31.7. The third kappa shape index (κ3) is 4.95. The van der Waals surface area contributed by atoms with Crippen LogP contribution in [-0.4, -0.2) is 86.2 Å². The predicted octanol–water partition coefficient (Wildman–Crippen LogP) is 6.01. The van der Waals surface area contributed by atoms with Gasteiger partial charge in [0, 0.05) is 37.1 Å². The Morgan fingerprint density at radius 1 is 1.21 bits per heavy atom. The van der Waals surface area contributed by atoms with E-state index in [0.717, 1.165) is 43.7 Å². The van der Waals surface area contributed by atoms with E-state index < -0.39 is 11.6 Å². The molecule has 4 atom stereocenters. The second-order valence-corrected chi connectivity index (χ2v) is 14.9. The highest BCUT2D eigenvalue weighted by Gasteiger charge is 2.48. The van der Waals surface area contributed by atoms with Crippen LogP contribution in [0.5, 0.6) is 11.8 Å². The van der Waals surface area contributed by atoms with Crippen molar-refractivity contribution in [2.45, 2.75) is 37.8 Å². The van der Waals surface area contributed by atoms with Gasteiger partial charge in [0.2, 0.25) is 0 Å². The summed E-state index contributed by atoms with van der Waals surface area (Å²) >= 11 is 8.02. The highest BCUT2D eigenvalue weighted by molar-refractivity contribution is 7.23. The Bertz CT molecular complexity index is 1990. The van der Waals surface area contributed by atoms with Gasteiger partial charge in [-0.3, -0.25) is 4.90 Å². The molecule has 2 N–H and O–H groups in total. The van der Waals surface area contributed by atoms with Crippen LogP contribution >= 0.6 is 22.9 Å². The third-order valence-electron chi connectivity index (χ3n) is 10.3. The monoisotopic (exact) mass is 696 g/mol. The number of thiophene rings is 1. The molecular weight excluding hydrogens is 662 g/mol. The number of benzene rings is 2. The summed E-state index contributed by atoms with van der Waals surface area (Å²) < 4.78 is 56.8. The Morgan fingerprint density at radius 2 is 2.06 bits per heavy atom. The number of ether oxygens (including phenoxy) is 4. The smallest absolute Gasteiger partial charge is 0.319 e. The Labute approximate surface area is 285 Å². The second kappa shape index (κ2) is 12.1. The minimum Gasteiger partial charge on any atom is -0.489 e. The fourth-order valence-corrected chi connectivity index (χ4v) is 9.55. The van der Waals surface area contributed by atoms with Gasteiger partial charge in [0.15, 0.2) is 11.6 Å². The van der Waals surface area contributed by atoms with E-state index in [2.05, 4.69) is 22.8 Å². The Hall–Kier alpha value is -3.54. The Balaban J connectivity index is 1.34. The Kier molecular flexibility index (Phi) is 8.00. The second-order valence-electron chi connectivity index (χ2n) is 13.5. The van der Waals surface area contributed by atoms with Gasteiger partial charge in [0.05, 0.1) is 52.1 Å². The van der Waals surface area contributed by atoms with Crippen LogP contribution in [0.4, 0.5) is 19.6 Å². The molecule has 2 unspecified atom stereocenters. The van der Waals surface area contributed by atoms with Crippen LogP contribution in [0.15, 0.2) is 12.1 Å². The van der Waals surface area contributed by atoms with Crippen molar-refractivity contribution in [3.05, 3.63) is 34.4 Å². The summed E-state index contributed by atoms with van der Waals surface area (Å²) in [6.07, 6.45) is 3.12. The maximum Gasteiger partial charge on any atom is 0.319 e. The molecule has 3 saturated heterocycles. The highest BCUT2D eigenvalue weighted by Crippen LogP contribution is 2.51. The number of fused-ring (bicyclic) bond motifs is 4. The van der Waals surface area contributed by atoms with E-state index in [1.807, 2.05) is 0 Å². The Morgan fingerprint density at radius 3 is 2.88 bits per heavy atom. The maximum absolute atomic E-state index is 17.3. The standard InChI is InChI=1S/C34H35ClF2N6O4S/c1-17-8-34(6-3-7-42(34)10-17)16-47-33-40-28-25-29(46-15-19-14-45-13-18(12-44-2)11-43(19)32(25)41-33)26(35)24(27(28)37)20-4-5-22(36)30-23(20)21(9-38)31(39)48-30/h4-5,17-19H,3,6-8,10-16,39H2,1-2H3/t17-,18?,19?,34+/m1/s1. The van der Waals surface area contributed by atoms with Gasteiger partial charge in [0.1, 0.15) is 41.4 Å². The van der Waals surface area contributed by atoms with E-state index in [4.69, 9.17) is 46.3 Å². The van der Waals surface area contributed by atoms with Crippen LogP contribution in [0.1, 0.15) is 31.7 Å². The van der Waals surface area contributed by atoms with Gasteiger partial charge in [-0.25, -0.2) is 8.78 Å². The van der Waals surface area contributed by atoms with Crippen LogP contribution in [0, 0.1) is 34.8 Å². The summed E-state index contributed by atoms with van der Waals surface area (Å²) in [5.41, 5.74) is 6.17. The molecule has 4 aromatic rings. The molecule has 4 aliphatic rings. The zero-order valence-corrected chi connectivity index (χ0v) is 28.2. The van der Waals surface area contributed by atoms with Gasteiger partial charge in [0.25, 0.3) is 0 Å². The lowest BCUT2D eigenvalue weighted by atomic mass is 9.92. The third-order valence-corrected chi connectivity index (χ3v) is 11.7. The lowest BCUT2D eigenvalue weighted by Crippen LogP contribution is -2.44. The molecule has 0 amide bonds. The number of methoxy groups -OCH3 is 1. The molecule has 0 saturated carbocycles. The quantitative estimate of drug-likeness (QED) is 0.257. The summed E-state index contributed by atoms with van der Waals surface area (Å²) in [5.74, 6) is -0.128. The lowest BCUT2D eigenvalue weighted by molar-refractivity contribution is 0.0675. The number of anilines is 2. The number of nitrogens with zero attached hydrogens (tertiary/aromatic N) is 5. The summed E-state index contributed by atoms with van der Waals surface area (Å²) in [4.78, 5) is 14.2. The molecule has 48 heavy (non-hydrogen) atoms. The van der Waals surface area contributed by atoms with Crippen LogP contribution in [-0.2, 0) is 9.47 Å². The summed E-state index contributed by atoms with van der Waals surface area (Å²) in [6.45, 7) is 6.66. The van der Waals surface area contributed by atoms with Crippen molar-refractivity contribution in [3.63, 3.8) is 0 Å². The van der Waals surface area contributed by atoms with E-state index in [1.54, 1.807) is 7.11 Å². The zero-order chi connectivity index (χ0) is 33.3. The normalized spacial score (nSPS) is 25.4. The number of nitriles is 1. The fourth-order valence-electron chi connectivity index (χ4n) is 8.26. The molecule has 252 valence electrons. The molecule has 0 bridgehead atoms. The number of hydrogen-bond acceptors (Lipinski definition) is 11. The lowest BCUT2D eigenvalue weighted by Gasteiger charge is -2.32. The number of nitrogen functional groups attached to an aromatic ring is 1. The first-order valence-corrected chi connectivity index (χ1v) is 17.4. The maximum atomic E-state index is 17.3. The van der Waals surface area contributed by atoms with Crippen LogP contribution in [0.2, 0.25) is 5.02 Å². The topological polar surface area (TPSA) is 119 Å². The van der Waals surface area contributed by atoms with Crippen molar-refractivity contribution >= 4 is 54.7 Å². The van der Waals surface area contributed by atoms with Gasteiger partial charge < -0.3 is 29.6 Å². The molecule has 0 aliphatic carbocycles. The van der Waals surface area contributed by atoms with Gasteiger partial charge in [-0.05, 0) is 43.4 Å². The van der Waals surface area contributed by atoms with E-state index in [0.29, 0.717) is 50.1 Å². The molecule has 3 fully saturated rings. The number of aromatic nitrogens is 2. The molecule has 8 rings (SSSR count). The highest BCUT2D eigenvalue weighted by atomic mass is 35.5. The van der Waals surface area contributed by atoms with Crippen molar-refractivity contribution in [2.24, 2.45) is 11.8 Å². The molecule has 10 nitrogen and oxygen atoms in total. The van der Waals surface area contributed by atoms with Gasteiger partial charge in [-0.1, -0.05) is 24.6 Å². The predicted molar refractivity (Wildman–Crippen MR) is 180 cm³/mol. The van der Waals surface area contributed by atoms with E-state index >= 15 is 8.78 Å². The van der Waals surface area contributed by atoms with Crippen molar-refractivity contribution in [2.75, 3.05) is 70.4 Å². The number of halogens is 3. The largest absolute Gasteiger partial charge is 0.489 e. The van der Waals surface area contributed by atoms with E-state index in [1.165, 1.54) is 12.1 Å². The molecule has 0 radical (unpaired) electrons. The van der Waals surface area contributed by atoms with Crippen molar-refractivity contribution < 1.29 is 27.7 Å². The number of nitrogens with two attached hydrogens (primary N) is 1. The average molecular weight is 697 g/mol. The van der Waals surface area contributed by atoms with Crippen LogP contribution < -0.4 is 20.1 Å². The molecule has 14 heteroatoms. The molecule has 4 aliphatic heterocycles. The van der Waals surface area contributed by atoms with Crippen molar-refractivity contribution in [3.8, 4) is 29.0 Å². The van der Waals surface area contributed by atoms with Gasteiger partial charge >= 0.3 is 6.01 Å². The molecule has 2 aromatic carbocycles. The minimum atomic E-state index is -0.759. The van der Waals surface area contributed by atoms with Crippen LogP contribution in [0.3, 0.4) is 0 Å². The van der Waals surface area contributed by atoms with Crippen molar-refractivity contribution in [1.29, 1.82) is 5.26 Å². The first-order chi connectivity index (χ1) is 23.2. The number of hydrogen-bond donors (Lipinski definition) is 1. The van der Waals surface area contributed by atoms with Gasteiger partial charge in [-0.15, -0.1) is 11.3 Å². The SMILES string of the molecule is COCC1COCC2COc3c(Cl)c(-c4ccc(F)c5sc(N)c(C#N)c45)c(F)c4nc(OC[C@@]56CCCN5C[C@H](C)C6)nc(c34)N2C1. The first-order valence-electron chi connectivity index (χ1n) is 16.2. The van der Waals surface area contributed by atoms with Crippen molar-refractivity contribution in [1.82, 2.24) is 14.9 Å². The molecule has 6 heterocycles. The average Bonchev–Trinajstić information content (AvgIpc) is 3.61. The minimum absolute atomic E-state index is 0.0161. The summed E-state index contributed by atoms with van der Waals surface area (Å²) in [7, 11) is 1.65. The molecule has 2 aromatic heterocycles. The molecule has 0 spiro atoms. The molecular formula is C34H35ClF2N6O4S. The fraction of sp³-hybridized carbons (Fsp3) is 0.500. The van der Waals surface area contributed by atoms with E-state index in [-0.39, 0.29) is 78.2 Å². The van der Waals surface area contributed by atoms with E-state index in [9.17, 15) is 5.26 Å². The zero-order valence-electron chi connectivity index (χ0n) is 26.7. The summed E-state index contributed by atoms with van der Waals surface area (Å²) in [6, 6.07) is 4.47. The number of rotatable bonds is 6. The summed E-state index contributed by atoms with van der Waals surface area (Å²) in [5, 5.41) is 10.6.